The first-order valence-electron chi connectivity index (χ1n) is 7.42. The molecule has 3 rings (SSSR count). The monoisotopic (exact) mass is 338 g/mol. The van der Waals surface area contributed by atoms with E-state index in [1.54, 1.807) is 6.07 Å². The van der Waals surface area contributed by atoms with Gasteiger partial charge in [-0.1, -0.05) is 17.7 Å². The Bertz CT molecular complexity index is 824. The molecular weight excluding hydrogens is 320 g/mol. The minimum absolute atomic E-state index is 0.146. The molecule has 0 atom stereocenters. The van der Waals surface area contributed by atoms with E-state index in [1.165, 1.54) is 12.1 Å². The van der Waals surface area contributed by atoms with E-state index in [4.69, 9.17) is 4.84 Å². The van der Waals surface area contributed by atoms with E-state index in [0.29, 0.717) is 11.0 Å². The summed E-state index contributed by atoms with van der Waals surface area (Å²) in [5, 5.41) is 10.6. The van der Waals surface area contributed by atoms with Crippen LogP contribution in [0.25, 0.3) is 11.0 Å². The molecular formula is C14H18N4O4S. The summed E-state index contributed by atoms with van der Waals surface area (Å²) in [7, 11) is -3.34. The first kappa shape index (κ1) is 15.7. The van der Waals surface area contributed by atoms with Crippen LogP contribution in [0.1, 0.15) is 25.7 Å². The molecule has 8 nitrogen and oxygen atoms in total. The predicted octanol–water partition coefficient (Wildman–Crippen LogP) is 0.322. The summed E-state index contributed by atoms with van der Waals surface area (Å²) in [6.45, 7) is -0.196. The molecule has 1 amide bonds. The quantitative estimate of drug-likeness (QED) is 0.842. The lowest BCUT2D eigenvalue weighted by atomic mass is 10.2. The number of carbonyl (C=O) groups excluding carboxylic acids is 1. The number of sulfone groups is 1. The van der Waals surface area contributed by atoms with Crippen molar-refractivity contribution in [2.24, 2.45) is 0 Å². The van der Waals surface area contributed by atoms with Crippen LogP contribution in [0.5, 0.6) is 0 Å². The van der Waals surface area contributed by atoms with Crippen LogP contribution in [-0.2, 0) is 14.6 Å². The normalized spacial score (nSPS) is 15.9. The van der Waals surface area contributed by atoms with Gasteiger partial charge in [-0.3, -0.25) is 4.79 Å². The van der Waals surface area contributed by atoms with Gasteiger partial charge in [-0.25, -0.2) is 8.42 Å². The Morgan fingerprint density at radius 2 is 2.13 bits per heavy atom. The number of benzene rings is 1. The van der Waals surface area contributed by atoms with Crippen LogP contribution in [0.15, 0.2) is 23.1 Å². The molecule has 1 aliphatic carbocycles. The number of fused-ring (bicyclic) bond motifs is 1. The van der Waals surface area contributed by atoms with Crippen LogP contribution >= 0.6 is 0 Å². The fourth-order valence-corrected chi connectivity index (χ4v) is 3.30. The number of hydrogen-bond donors (Lipinski definition) is 1. The molecule has 23 heavy (non-hydrogen) atoms. The minimum Gasteiger partial charge on any atom is -0.385 e. The molecule has 9 heteroatoms. The maximum Gasteiger partial charge on any atom is 0.260 e. The van der Waals surface area contributed by atoms with E-state index >= 15 is 0 Å². The van der Waals surface area contributed by atoms with E-state index in [1.807, 2.05) is 0 Å². The lowest BCUT2D eigenvalue weighted by Crippen LogP contribution is -2.37. The third-order valence-corrected chi connectivity index (χ3v) is 4.96. The molecule has 1 aliphatic rings. The molecule has 0 saturated heterocycles. The van der Waals surface area contributed by atoms with Crippen molar-refractivity contribution in [2.75, 3.05) is 12.9 Å². The molecule has 1 saturated carbocycles. The average Bonchev–Trinajstić information content (AvgIpc) is 3.13. The summed E-state index contributed by atoms with van der Waals surface area (Å²) in [4.78, 5) is 18.4. The molecule has 1 aromatic carbocycles. The fourth-order valence-electron chi connectivity index (χ4n) is 2.66. The molecule has 0 unspecified atom stereocenters. The highest BCUT2D eigenvalue weighted by Gasteiger charge is 2.18. The van der Waals surface area contributed by atoms with Crippen LogP contribution in [-0.4, -0.2) is 48.4 Å². The summed E-state index contributed by atoms with van der Waals surface area (Å²) in [6, 6.07) is 4.66. The predicted molar refractivity (Wildman–Crippen MR) is 82.5 cm³/mol. The number of hydrogen-bond acceptors (Lipinski definition) is 6. The highest BCUT2D eigenvalue weighted by Crippen LogP contribution is 2.18. The second-order valence-electron chi connectivity index (χ2n) is 5.71. The van der Waals surface area contributed by atoms with E-state index in [0.717, 1.165) is 36.8 Å². The van der Waals surface area contributed by atoms with Gasteiger partial charge in [-0.15, -0.1) is 5.10 Å². The molecule has 2 aromatic rings. The zero-order valence-corrected chi connectivity index (χ0v) is 13.5. The van der Waals surface area contributed by atoms with Gasteiger partial charge in [-0.2, -0.15) is 0 Å². The van der Waals surface area contributed by atoms with E-state index in [9.17, 15) is 13.2 Å². The van der Waals surface area contributed by atoms with Crippen molar-refractivity contribution in [1.29, 1.82) is 0 Å². The number of amides is 1. The molecule has 0 spiro atoms. The van der Waals surface area contributed by atoms with Crippen molar-refractivity contribution >= 4 is 26.8 Å². The van der Waals surface area contributed by atoms with Crippen molar-refractivity contribution in [2.45, 2.75) is 36.6 Å². The minimum atomic E-state index is -3.34. The number of aromatic nitrogens is 3. The fraction of sp³-hybridized carbons (Fsp3) is 0.500. The molecule has 1 aromatic heterocycles. The summed E-state index contributed by atoms with van der Waals surface area (Å²) in [6.07, 6.45) is 5.38. The van der Waals surface area contributed by atoms with Crippen LogP contribution in [0.4, 0.5) is 0 Å². The van der Waals surface area contributed by atoms with Crippen LogP contribution in [0.2, 0.25) is 0 Å². The molecule has 0 aliphatic heterocycles. The number of carbonyl (C=O) groups is 1. The summed E-state index contributed by atoms with van der Waals surface area (Å²) < 4.78 is 23.2. The van der Waals surface area contributed by atoms with Gasteiger partial charge in [0.05, 0.1) is 4.90 Å². The first-order chi connectivity index (χ1) is 10.9. The van der Waals surface area contributed by atoms with Crippen LogP contribution in [0, 0.1) is 0 Å². The van der Waals surface area contributed by atoms with Crippen molar-refractivity contribution < 1.29 is 18.0 Å². The van der Waals surface area contributed by atoms with Gasteiger partial charge in [0.15, 0.2) is 16.4 Å². The topological polar surface area (TPSA) is 103 Å². The Balaban J connectivity index is 1.71. The summed E-state index contributed by atoms with van der Waals surface area (Å²) in [5.41, 5.74) is 0.898. The average molecular weight is 338 g/mol. The van der Waals surface area contributed by atoms with Gasteiger partial charge in [0.25, 0.3) is 5.91 Å². The van der Waals surface area contributed by atoms with Crippen molar-refractivity contribution in [3.63, 3.8) is 0 Å². The maximum atomic E-state index is 11.9. The largest absolute Gasteiger partial charge is 0.385 e. The summed E-state index contributed by atoms with van der Waals surface area (Å²) in [5.74, 6) is -0.222. The Hall–Kier alpha value is -2.16. The van der Waals surface area contributed by atoms with Gasteiger partial charge in [0, 0.05) is 12.3 Å². The highest BCUT2D eigenvalue weighted by molar-refractivity contribution is 7.90. The van der Waals surface area contributed by atoms with Gasteiger partial charge in [0.2, 0.25) is 0 Å². The second-order valence-corrected chi connectivity index (χ2v) is 7.72. The Morgan fingerprint density at radius 1 is 1.39 bits per heavy atom. The zero-order valence-electron chi connectivity index (χ0n) is 12.7. The third-order valence-electron chi connectivity index (χ3n) is 3.85. The summed E-state index contributed by atoms with van der Waals surface area (Å²) >= 11 is 0. The van der Waals surface area contributed by atoms with Crippen LogP contribution in [0.3, 0.4) is 0 Å². The third kappa shape index (κ3) is 3.61. The van der Waals surface area contributed by atoms with E-state index < -0.39 is 9.84 Å². The van der Waals surface area contributed by atoms with Gasteiger partial charge >= 0.3 is 0 Å². The van der Waals surface area contributed by atoms with Crippen molar-refractivity contribution in [1.82, 2.24) is 20.5 Å². The van der Waals surface area contributed by atoms with E-state index in [-0.39, 0.29) is 23.5 Å². The Labute approximate surface area is 133 Å². The SMILES string of the molecule is CS(=O)(=O)c1ccc2nnn(OCC(=O)NC3CCCC3)c2c1. The molecule has 1 heterocycles. The number of rotatable bonds is 5. The lowest BCUT2D eigenvalue weighted by molar-refractivity contribution is -0.127. The number of nitrogens with zero attached hydrogens (tertiary/aromatic N) is 3. The Morgan fingerprint density at radius 3 is 2.83 bits per heavy atom. The smallest absolute Gasteiger partial charge is 0.260 e. The molecule has 124 valence electrons. The zero-order chi connectivity index (χ0) is 16.4. The molecule has 1 fully saturated rings. The molecule has 1 N–H and O–H groups in total. The number of nitrogens with one attached hydrogen (secondary N) is 1. The van der Waals surface area contributed by atoms with Crippen molar-refractivity contribution in [3.8, 4) is 0 Å². The lowest BCUT2D eigenvalue weighted by Gasteiger charge is -2.12. The maximum absolute atomic E-state index is 11.9. The van der Waals surface area contributed by atoms with Gasteiger partial charge in [0.1, 0.15) is 11.0 Å². The van der Waals surface area contributed by atoms with Gasteiger partial charge in [-0.05, 0) is 36.3 Å². The molecule has 0 radical (unpaired) electrons. The first-order valence-corrected chi connectivity index (χ1v) is 9.31. The molecule has 0 bridgehead atoms. The van der Waals surface area contributed by atoms with Gasteiger partial charge < -0.3 is 10.2 Å². The van der Waals surface area contributed by atoms with Crippen LogP contribution < -0.4 is 10.2 Å². The van der Waals surface area contributed by atoms with Crippen molar-refractivity contribution in [3.05, 3.63) is 18.2 Å². The second kappa shape index (κ2) is 6.15. The Kier molecular flexibility index (Phi) is 4.20. The highest BCUT2D eigenvalue weighted by atomic mass is 32.2. The standard InChI is InChI=1S/C14H18N4O4S/c1-23(20,21)11-6-7-12-13(8-11)18(17-16-12)22-9-14(19)15-10-4-2-3-5-10/h6-8,10H,2-5,9H2,1H3,(H,15,19). The van der Waals surface area contributed by atoms with E-state index in [2.05, 4.69) is 15.6 Å².